The molecule has 8 heteroatoms. The molecule has 6 nitrogen and oxygen atoms in total. The second-order valence-electron chi connectivity index (χ2n) is 5.41. The van der Waals surface area contributed by atoms with Gasteiger partial charge in [0.15, 0.2) is 0 Å². The molecule has 4 N–H and O–H groups in total. The summed E-state index contributed by atoms with van der Waals surface area (Å²) in [6.45, 7) is 7.14. The SMILES string of the molecule is CCC(CC)(CCP(=O)(O)O)C(CC)(CC)P(=O)(O)O. The van der Waals surface area contributed by atoms with E-state index in [4.69, 9.17) is 9.79 Å². The molecule has 0 aromatic carbocycles. The van der Waals surface area contributed by atoms with Crippen molar-refractivity contribution in [3.8, 4) is 0 Å². The van der Waals surface area contributed by atoms with Crippen molar-refractivity contribution >= 4 is 15.2 Å². The summed E-state index contributed by atoms with van der Waals surface area (Å²) in [5.41, 5.74) is -0.767. The maximum absolute atomic E-state index is 12.1. The molecule has 0 spiro atoms. The standard InChI is InChI=1S/C12H28O6P2/c1-5-11(6-2,9-10-19(13,14)15)12(7-3,8-4)20(16,17)18/h5-10H2,1-4H3,(H2,13,14,15)(H2,16,17,18). The highest BCUT2D eigenvalue weighted by molar-refractivity contribution is 7.53. The molecule has 0 fully saturated rings. The lowest BCUT2D eigenvalue weighted by Crippen LogP contribution is -2.47. The Hall–Kier alpha value is 0.300. The summed E-state index contributed by atoms with van der Waals surface area (Å²) < 4.78 is 23.3. The van der Waals surface area contributed by atoms with Crippen molar-refractivity contribution in [2.75, 3.05) is 6.16 Å². The van der Waals surface area contributed by atoms with Crippen LogP contribution in [0.15, 0.2) is 0 Å². The molecule has 0 heterocycles. The van der Waals surface area contributed by atoms with Crippen molar-refractivity contribution in [2.24, 2.45) is 5.41 Å². The highest BCUT2D eigenvalue weighted by Crippen LogP contribution is 2.66. The van der Waals surface area contributed by atoms with Gasteiger partial charge in [-0.3, -0.25) is 9.13 Å². The van der Waals surface area contributed by atoms with Gasteiger partial charge in [0.05, 0.1) is 11.3 Å². The van der Waals surface area contributed by atoms with Gasteiger partial charge in [-0.05, 0) is 37.5 Å². The molecular formula is C12H28O6P2. The smallest absolute Gasteiger partial charge is 0.324 e. The summed E-state index contributed by atoms with van der Waals surface area (Å²) in [5.74, 6) is 0. The predicted molar refractivity (Wildman–Crippen MR) is 79.9 cm³/mol. The van der Waals surface area contributed by atoms with Gasteiger partial charge in [-0.15, -0.1) is 0 Å². The Morgan fingerprint density at radius 1 is 0.800 bits per heavy atom. The lowest BCUT2D eigenvalue weighted by molar-refractivity contribution is 0.119. The van der Waals surface area contributed by atoms with Gasteiger partial charge in [0, 0.05) is 0 Å². The number of hydrogen-bond donors (Lipinski definition) is 4. The average molecular weight is 330 g/mol. The van der Waals surface area contributed by atoms with Gasteiger partial charge in [-0.25, -0.2) is 0 Å². The molecule has 20 heavy (non-hydrogen) atoms. The first-order valence-electron chi connectivity index (χ1n) is 7.05. The van der Waals surface area contributed by atoms with E-state index in [0.717, 1.165) is 0 Å². The van der Waals surface area contributed by atoms with Crippen LogP contribution in [0.25, 0.3) is 0 Å². The molecular weight excluding hydrogens is 302 g/mol. The zero-order valence-electron chi connectivity index (χ0n) is 12.7. The van der Waals surface area contributed by atoms with Gasteiger partial charge in [0.2, 0.25) is 0 Å². The van der Waals surface area contributed by atoms with Crippen molar-refractivity contribution in [3.63, 3.8) is 0 Å². The van der Waals surface area contributed by atoms with Gasteiger partial charge in [0.1, 0.15) is 0 Å². The first kappa shape index (κ1) is 20.3. The topological polar surface area (TPSA) is 115 Å². The molecule has 0 rings (SSSR count). The molecule has 0 aliphatic heterocycles. The van der Waals surface area contributed by atoms with Crippen LogP contribution >= 0.6 is 15.2 Å². The second-order valence-corrected chi connectivity index (χ2v) is 9.13. The van der Waals surface area contributed by atoms with E-state index in [1.165, 1.54) is 0 Å². The van der Waals surface area contributed by atoms with Gasteiger partial charge in [-0.1, -0.05) is 27.7 Å². The minimum atomic E-state index is -4.40. The molecule has 0 amide bonds. The van der Waals surface area contributed by atoms with Crippen molar-refractivity contribution in [1.82, 2.24) is 0 Å². The van der Waals surface area contributed by atoms with Crippen LogP contribution in [0.4, 0.5) is 0 Å². The van der Waals surface area contributed by atoms with Crippen molar-refractivity contribution in [3.05, 3.63) is 0 Å². The van der Waals surface area contributed by atoms with Crippen molar-refractivity contribution in [2.45, 2.75) is 65.0 Å². The molecule has 0 atom stereocenters. The Morgan fingerprint density at radius 2 is 1.20 bits per heavy atom. The van der Waals surface area contributed by atoms with Crippen LogP contribution in [0.3, 0.4) is 0 Å². The Bertz CT molecular complexity index is 389. The Morgan fingerprint density at radius 3 is 1.40 bits per heavy atom. The molecule has 122 valence electrons. The highest BCUT2D eigenvalue weighted by Gasteiger charge is 2.57. The zero-order chi connectivity index (χ0) is 16.2. The summed E-state index contributed by atoms with van der Waals surface area (Å²) in [6.07, 6.45) is 1.33. The molecule has 0 unspecified atom stereocenters. The third-order valence-corrected chi connectivity index (χ3v) is 7.98. The summed E-state index contributed by atoms with van der Waals surface area (Å²) in [4.78, 5) is 38.0. The summed E-state index contributed by atoms with van der Waals surface area (Å²) in [5, 5.41) is -1.22. The van der Waals surface area contributed by atoms with Crippen molar-refractivity contribution < 1.29 is 28.7 Å². The van der Waals surface area contributed by atoms with E-state index in [0.29, 0.717) is 12.8 Å². The summed E-state index contributed by atoms with van der Waals surface area (Å²) >= 11 is 0. The fourth-order valence-electron chi connectivity index (χ4n) is 3.57. The van der Waals surface area contributed by atoms with Crippen LogP contribution in [-0.2, 0) is 9.13 Å². The fourth-order valence-corrected chi connectivity index (χ4v) is 6.16. The van der Waals surface area contributed by atoms with Gasteiger partial charge < -0.3 is 19.6 Å². The van der Waals surface area contributed by atoms with E-state index in [-0.39, 0.29) is 25.4 Å². The fraction of sp³-hybridized carbons (Fsp3) is 1.00. The molecule has 0 aromatic rings. The van der Waals surface area contributed by atoms with Gasteiger partial charge >= 0.3 is 15.2 Å². The zero-order valence-corrected chi connectivity index (χ0v) is 14.5. The maximum Gasteiger partial charge on any atom is 0.332 e. The third kappa shape index (κ3) is 3.94. The molecule has 0 radical (unpaired) electrons. The average Bonchev–Trinajstić information content (AvgIpc) is 2.32. The van der Waals surface area contributed by atoms with E-state index >= 15 is 0 Å². The number of rotatable bonds is 9. The van der Waals surface area contributed by atoms with E-state index in [2.05, 4.69) is 0 Å². The largest absolute Gasteiger partial charge is 0.332 e. The van der Waals surface area contributed by atoms with Gasteiger partial charge in [-0.2, -0.15) is 0 Å². The highest BCUT2D eigenvalue weighted by atomic mass is 31.2. The maximum atomic E-state index is 12.1. The first-order valence-corrected chi connectivity index (χ1v) is 10.5. The first-order chi connectivity index (χ1) is 8.95. The van der Waals surface area contributed by atoms with Crippen LogP contribution in [0.5, 0.6) is 0 Å². The van der Waals surface area contributed by atoms with E-state index in [9.17, 15) is 18.9 Å². The van der Waals surface area contributed by atoms with Gasteiger partial charge in [0.25, 0.3) is 0 Å². The predicted octanol–water partition coefficient (Wildman–Crippen LogP) is 3.10. The van der Waals surface area contributed by atoms with Crippen molar-refractivity contribution in [1.29, 1.82) is 0 Å². The Kier molecular flexibility index (Phi) is 7.15. The quantitative estimate of drug-likeness (QED) is 0.483. The number of hydrogen-bond acceptors (Lipinski definition) is 2. The van der Waals surface area contributed by atoms with Crippen LogP contribution in [0.2, 0.25) is 0 Å². The molecule has 0 aliphatic rings. The monoisotopic (exact) mass is 330 g/mol. The molecule has 0 aromatic heterocycles. The molecule has 0 saturated carbocycles. The third-order valence-electron chi connectivity index (χ3n) is 4.95. The molecule has 0 saturated heterocycles. The second kappa shape index (κ2) is 7.04. The van der Waals surface area contributed by atoms with Crippen LogP contribution < -0.4 is 0 Å². The lowest BCUT2D eigenvalue weighted by atomic mass is 9.66. The minimum absolute atomic E-state index is 0.122. The van der Waals surface area contributed by atoms with Crippen LogP contribution in [0, 0.1) is 5.41 Å². The Labute approximate surface area is 121 Å². The molecule has 0 bridgehead atoms. The summed E-state index contributed by atoms with van der Waals surface area (Å²) in [6, 6.07) is 0. The summed E-state index contributed by atoms with van der Waals surface area (Å²) in [7, 11) is -8.58. The van der Waals surface area contributed by atoms with Crippen LogP contribution in [0.1, 0.15) is 59.8 Å². The lowest BCUT2D eigenvalue weighted by Gasteiger charge is -2.50. The van der Waals surface area contributed by atoms with E-state index in [1.54, 1.807) is 13.8 Å². The van der Waals surface area contributed by atoms with E-state index in [1.807, 2.05) is 13.8 Å². The molecule has 0 aliphatic carbocycles. The normalized spacial score (nSPS) is 14.6. The van der Waals surface area contributed by atoms with E-state index < -0.39 is 25.8 Å². The minimum Gasteiger partial charge on any atom is -0.324 e. The van der Waals surface area contributed by atoms with Crippen LogP contribution in [-0.4, -0.2) is 30.9 Å². The Balaban J connectivity index is 5.83.